The summed E-state index contributed by atoms with van der Waals surface area (Å²) in [5.41, 5.74) is -0.737. The van der Waals surface area contributed by atoms with Gasteiger partial charge in [0.25, 0.3) is 0 Å². The molecule has 1 aromatic heterocycles. The van der Waals surface area contributed by atoms with E-state index in [1.54, 1.807) is 11.0 Å². The maximum atomic E-state index is 12.6. The molecule has 2 unspecified atom stereocenters. The van der Waals surface area contributed by atoms with Crippen molar-refractivity contribution in [2.24, 2.45) is 0 Å². The molecule has 1 fully saturated rings. The van der Waals surface area contributed by atoms with Crippen LogP contribution in [0.3, 0.4) is 0 Å². The van der Waals surface area contributed by atoms with E-state index >= 15 is 0 Å². The summed E-state index contributed by atoms with van der Waals surface area (Å²) in [5.74, 6) is 0.687. The molecule has 0 aliphatic carbocycles. The lowest BCUT2D eigenvalue weighted by atomic mass is 9.93. The van der Waals surface area contributed by atoms with Crippen LogP contribution in [0.1, 0.15) is 47.3 Å². The van der Waals surface area contributed by atoms with Gasteiger partial charge >= 0.3 is 0 Å². The van der Waals surface area contributed by atoms with Gasteiger partial charge in [0.15, 0.2) is 5.82 Å². The van der Waals surface area contributed by atoms with Crippen LogP contribution in [0.2, 0.25) is 0 Å². The molecule has 1 aliphatic rings. The first-order valence-electron chi connectivity index (χ1n) is 8.45. The third-order valence-electron chi connectivity index (χ3n) is 3.72. The Morgan fingerprint density at radius 3 is 2.64 bits per heavy atom. The third kappa shape index (κ3) is 5.50. The highest BCUT2D eigenvalue weighted by molar-refractivity contribution is 5.94. The van der Waals surface area contributed by atoms with Crippen molar-refractivity contribution in [3.8, 4) is 0 Å². The van der Waals surface area contributed by atoms with E-state index in [0.29, 0.717) is 24.7 Å². The number of rotatable bonds is 4. The maximum absolute atomic E-state index is 12.6. The molecule has 8 nitrogen and oxygen atoms in total. The Hall–Kier alpha value is -1.48. The zero-order chi connectivity index (χ0) is 18.8. The predicted molar refractivity (Wildman–Crippen MR) is 92.0 cm³/mol. The van der Waals surface area contributed by atoms with Gasteiger partial charge in [-0.2, -0.15) is 0 Å². The number of ether oxygens (including phenoxy) is 2. The van der Waals surface area contributed by atoms with Crippen LogP contribution >= 0.6 is 0 Å². The molecule has 142 valence electrons. The molecular formula is C17H29N3O5. The highest BCUT2D eigenvalue weighted by Crippen LogP contribution is 2.25. The van der Waals surface area contributed by atoms with E-state index in [2.05, 4.69) is 10.5 Å². The van der Waals surface area contributed by atoms with E-state index in [1.165, 1.54) is 0 Å². The standard InChI is InChI=1S/C17H29N3O5/c1-16(2,3)12-9-13(19-25-12)18-14(21)11-10-23-8-7-20(11)15(22)24-17(4,5)6/h9,11,15,22H,7-8,10H2,1-6H3,(H,18,19,21). The number of aliphatic hydroxyl groups excluding tert-OH is 1. The first-order valence-corrected chi connectivity index (χ1v) is 8.45. The van der Waals surface area contributed by atoms with Crippen molar-refractivity contribution in [3.63, 3.8) is 0 Å². The molecule has 2 N–H and O–H groups in total. The van der Waals surface area contributed by atoms with Crippen LogP contribution in [0.5, 0.6) is 0 Å². The molecular weight excluding hydrogens is 326 g/mol. The van der Waals surface area contributed by atoms with E-state index in [9.17, 15) is 9.90 Å². The van der Waals surface area contributed by atoms with Gasteiger partial charge in [-0.25, -0.2) is 4.90 Å². The summed E-state index contributed by atoms with van der Waals surface area (Å²) in [5, 5.41) is 16.9. The van der Waals surface area contributed by atoms with Crippen molar-refractivity contribution in [1.29, 1.82) is 0 Å². The Morgan fingerprint density at radius 1 is 1.40 bits per heavy atom. The van der Waals surface area contributed by atoms with Crippen LogP contribution in [0.15, 0.2) is 10.6 Å². The normalized spacial score (nSPS) is 21.2. The summed E-state index contributed by atoms with van der Waals surface area (Å²) in [6, 6.07) is 1.02. The molecule has 2 heterocycles. The average Bonchev–Trinajstić information content (AvgIpc) is 2.94. The topological polar surface area (TPSA) is 97.1 Å². The Morgan fingerprint density at radius 2 is 2.08 bits per heavy atom. The third-order valence-corrected chi connectivity index (χ3v) is 3.72. The summed E-state index contributed by atoms with van der Waals surface area (Å²) >= 11 is 0. The molecule has 8 heteroatoms. The second-order valence-corrected chi connectivity index (χ2v) is 8.20. The van der Waals surface area contributed by atoms with Gasteiger partial charge in [0, 0.05) is 18.0 Å². The van der Waals surface area contributed by atoms with E-state index in [-0.39, 0.29) is 17.9 Å². The van der Waals surface area contributed by atoms with Gasteiger partial charge in [-0.3, -0.25) is 4.79 Å². The number of morpholine rings is 1. The first-order chi connectivity index (χ1) is 11.5. The monoisotopic (exact) mass is 355 g/mol. The number of nitrogens with one attached hydrogen (secondary N) is 1. The zero-order valence-electron chi connectivity index (χ0n) is 15.8. The highest BCUT2D eigenvalue weighted by Gasteiger charge is 2.36. The fourth-order valence-corrected chi connectivity index (χ4v) is 2.39. The second kappa shape index (κ2) is 7.41. The number of carbonyl (C=O) groups is 1. The van der Waals surface area contributed by atoms with Crippen LogP contribution in [0, 0.1) is 0 Å². The summed E-state index contributed by atoms with van der Waals surface area (Å²) in [6.45, 7) is 12.5. The minimum Gasteiger partial charge on any atom is -0.378 e. The Balaban J connectivity index is 2.06. The van der Waals surface area contributed by atoms with Crippen molar-refractivity contribution in [2.45, 2.75) is 65.0 Å². The van der Waals surface area contributed by atoms with Gasteiger partial charge in [-0.05, 0) is 20.8 Å². The number of hydrogen-bond acceptors (Lipinski definition) is 7. The molecule has 2 atom stereocenters. The van der Waals surface area contributed by atoms with Gasteiger partial charge in [0.1, 0.15) is 11.8 Å². The molecule has 0 bridgehead atoms. The van der Waals surface area contributed by atoms with Crippen molar-refractivity contribution in [1.82, 2.24) is 10.1 Å². The Bertz CT molecular complexity index is 588. The molecule has 0 aromatic carbocycles. The quantitative estimate of drug-likeness (QED) is 0.794. The maximum Gasteiger partial charge on any atom is 0.245 e. The van der Waals surface area contributed by atoms with Crippen molar-refractivity contribution in [3.05, 3.63) is 11.8 Å². The van der Waals surface area contributed by atoms with Crippen LogP contribution in [-0.4, -0.2) is 58.9 Å². The van der Waals surface area contributed by atoms with Gasteiger partial charge in [-0.1, -0.05) is 25.9 Å². The number of aromatic nitrogens is 1. The molecule has 1 aliphatic heterocycles. The largest absolute Gasteiger partial charge is 0.378 e. The highest BCUT2D eigenvalue weighted by atomic mass is 16.6. The van der Waals surface area contributed by atoms with Crippen LogP contribution in [-0.2, 0) is 19.7 Å². The molecule has 0 spiro atoms. The molecule has 1 aromatic rings. The summed E-state index contributed by atoms with van der Waals surface area (Å²) in [6.07, 6.45) is -1.19. The SMILES string of the molecule is CC(C)(C)OC(O)N1CCOCC1C(=O)Nc1cc(C(C)(C)C)on1. The molecule has 25 heavy (non-hydrogen) atoms. The fourth-order valence-electron chi connectivity index (χ4n) is 2.39. The van der Waals surface area contributed by atoms with Crippen LogP contribution < -0.4 is 5.32 Å². The lowest BCUT2D eigenvalue weighted by Gasteiger charge is -2.39. The average molecular weight is 355 g/mol. The predicted octanol–water partition coefficient (Wildman–Crippen LogP) is 1.70. The number of hydrogen-bond donors (Lipinski definition) is 2. The zero-order valence-corrected chi connectivity index (χ0v) is 15.8. The molecule has 0 saturated carbocycles. The van der Waals surface area contributed by atoms with Crippen LogP contribution in [0.25, 0.3) is 0 Å². The lowest BCUT2D eigenvalue weighted by molar-refractivity contribution is -0.259. The van der Waals surface area contributed by atoms with E-state index < -0.39 is 18.1 Å². The minimum atomic E-state index is -1.19. The van der Waals surface area contributed by atoms with E-state index in [0.717, 1.165) is 0 Å². The van der Waals surface area contributed by atoms with Crippen molar-refractivity contribution in [2.75, 3.05) is 25.1 Å². The van der Waals surface area contributed by atoms with Gasteiger partial charge in [0.2, 0.25) is 12.3 Å². The Kier molecular flexibility index (Phi) is 5.88. The summed E-state index contributed by atoms with van der Waals surface area (Å²) in [7, 11) is 0. The molecule has 1 amide bonds. The lowest BCUT2D eigenvalue weighted by Crippen LogP contribution is -2.57. The summed E-state index contributed by atoms with van der Waals surface area (Å²) in [4.78, 5) is 14.2. The number of carbonyl (C=O) groups excluding carboxylic acids is 1. The Labute approximate surface area is 148 Å². The van der Waals surface area contributed by atoms with Crippen LogP contribution in [0.4, 0.5) is 5.82 Å². The van der Waals surface area contributed by atoms with Gasteiger partial charge in [0.05, 0.1) is 18.8 Å². The van der Waals surface area contributed by atoms with E-state index in [1.807, 2.05) is 41.5 Å². The van der Waals surface area contributed by atoms with Crippen molar-refractivity contribution >= 4 is 11.7 Å². The van der Waals surface area contributed by atoms with E-state index in [4.69, 9.17) is 14.0 Å². The number of nitrogens with zero attached hydrogens (tertiary/aromatic N) is 2. The molecule has 0 radical (unpaired) electrons. The summed E-state index contributed by atoms with van der Waals surface area (Å²) < 4.78 is 16.2. The second-order valence-electron chi connectivity index (χ2n) is 8.20. The number of aliphatic hydroxyl groups is 1. The smallest absolute Gasteiger partial charge is 0.245 e. The molecule has 2 rings (SSSR count). The van der Waals surface area contributed by atoms with Crippen molar-refractivity contribution < 1.29 is 23.9 Å². The van der Waals surface area contributed by atoms with Gasteiger partial charge in [-0.15, -0.1) is 0 Å². The first kappa shape index (κ1) is 19.8. The molecule has 1 saturated heterocycles. The minimum absolute atomic E-state index is 0.167. The van der Waals surface area contributed by atoms with Gasteiger partial charge < -0.3 is 24.4 Å². The number of amides is 1. The number of anilines is 1. The fraction of sp³-hybridized carbons (Fsp3) is 0.765.